The first-order chi connectivity index (χ1) is 20.0. The van der Waals surface area contributed by atoms with Crippen LogP contribution in [0, 0.1) is 6.92 Å². The van der Waals surface area contributed by atoms with E-state index in [1.165, 1.54) is 10.8 Å². The number of allylic oxidation sites excluding steroid dienone is 12. The molecule has 222 valence electrons. The van der Waals surface area contributed by atoms with Crippen LogP contribution in [0.5, 0.6) is 0 Å². The maximum absolute atomic E-state index is 12.2. The molecule has 0 radical (unpaired) electrons. The van der Waals surface area contributed by atoms with Gasteiger partial charge in [-0.25, -0.2) is 4.79 Å². The van der Waals surface area contributed by atoms with E-state index >= 15 is 0 Å². The molecule has 0 spiro atoms. The summed E-state index contributed by atoms with van der Waals surface area (Å²) in [7, 11) is 0. The average Bonchev–Trinajstić information content (AvgIpc) is 3.38. The molecule has 1 aromatic rings. The van der Waals surface area contributed by atoms with Crippen molar-refractivity contribution in [2.24, 2.45) is 4.99 Å². The number of rotatable bonds is 18. The average molecular weight is 564 g/mol. The Morgan fingerprint density at radius 1 is 0.976 bits per heavy atom. The van der Waals surface area contributed by atoms with E-state index in [2.05, 4.69) is 84.4 Å². The van der Waals surface area contributed by atoms with Gasteiger partial charge < -0.3 is 9.47 Å². The van der Waals surface area contributed by atoms with Crippen molar-refractivity contribution < 1.29 is 14.3 Å². The first kappa shape index (κ1) is 33.4. The van der Waals surface area contributed by atoms with Gasteiger partial charge in [0, 0.05) is 24.6 Å². The molecule has 0 aromatic carbocycles. The van der Waals surface area contributed by atoms with Crippen LogP contribution in [0.3, 0.4) is 0 Å². The summed E-state index contributed by atoms with van der Waals surface area (Å²) < 4.78 is 12.6. The number of hydrogen-bond donors (Lipinski definition) is 1. The van der Waals surface area contributed by atoms with Crippen molar-refractivity contribution in [3.63, 3.8) is 0 Å². The van der Waals surface area contributed by atoms with Crippen molar-refractivity contribution in [1.29, 1.82) is 0 Å². The van der Waals surface area contributed by atoms with Gasteiger partial charge in [0.25, 0.3) is 5.56 Å². The molecular formula is C33H45N3O5. The van der Waals surface area contributed by atoms with Gasteiger partial charge in [-0.3, -0.25) is 24.1 Å². The minimum atomic E-state index is -0.615. The van der Waals surface area contributed by atoms with E-state index < -0.39 is 23.6 Å². The van der Waals surface area contributed by atoms with E-state index in [1.54, 1.807) is 6.92 Å². The molecule has 0 amide bonds. The number of nitrogens with one attached hydrogen (secondary N) is 1. The summed E-state index contributed by atoms with van der Waals surface area (Å²) in [5, 5.41) is 0. The summed E-state index contributed by atoms with van der Waals surface area (Å²) in [6.07, 6.45) is 33.1. The maximum Gasteiger partial charge on any atom is 0.330 e. The lowest BCUT2D eigenvalue weighted by Crippen LogP contribution is -2.33. The number of nitrogens with zero attached hydrogens (tertiary/aromatic N) is 2. The smallest absolute Gasteiger partial charge is 0.330 e. The minimum Gasteiger partial charge on any atom is -0.463 e. The molecule has 0 aliphatic carbocycles. The summed E-state index contributed by atoms with van der Waals surface area (Å²) in [4.78, 5) is 42.3. The van der Waals surface area contributed by atoms with E-state index in [0.717, 1.165) is 38.5 Å². The second-order valence-corrected chi connectivity index (χ2v) is 9.73. The predicted octanol–water partition coefficient (Wildman–Crippen LogP) is 6.22. The van der Waals surface area contributed by atoms with Crippen molar-refractivity contribution in [3.05, 3.63) is 106 Å². The van der Waals surface area contributed by atoms with Gasteiger partial charge in [0.05, 0.1) is 6.04 Å². The number of aliphatic imine (C=N–C) groups is 1. The van der Waals surface area contributed by atoms with Crippen LogP contribution in [0.15, 0.2) is 93.7 Å². The van der Waals surface area contributed by atoms with E-state index in [9.17, 15) is 14.4 Å². The van der Waals surface area contributed by atoms with Crippen molar-refractivity contribution in [1.82, 2.24) is 9.55 Å². The molecule has 1 aliphatic heterocycles. The standard InChI is InChI=1S/C33H45N3O5/c1-4-5-6-7-8-9-10-11-12-13-14-15-16-17-18-19-20-21-22-23-31(37)40-26-29-28(34-3)24-30(41-29)36-25-27(2)32(38)35-33(36)39/h5-6,8-9,11-12,14-15,17-18,20-21,25,28-30H,3-4,7,10,13,16,19,22-24,26H2,1-2H3,(H,35,38,39)/b6-5-,9-8-,12-11-,15-14-,18-17-,21-20-/t28-,29+,30?/m0/s1. The van der Waals surface area contributed by atoms with Gasteiger partial charge in [-0.15, -0.1) is 0 Å². The normalized spacial score (nSPS) is 19.7. The SMILES string of the molecule is C=N[C@H]1CC(n2cc(C)c(=O)[nH]c2=O)O[C@@H]1COC(=O)CC/C=C\C/C=C\C/C=C\C/C=C\C/C=C\C/C=C\CC. The van der Waals surface area contributed by atoms with Crippen LogP contribution in [0.4, 0.5) is 0 Å². The summed E-state index contributed by atoms with van der Waals surface area (Å²) in [5.74, 6) is -0.323. The number of hydrogen-bond acceptors (Lipinski definition) is 6. The highest BCUT2D eigenvalue weighted by Gasteiger charge is 2.37. The van der Waals surface area contributed by atoms with Crippen LogP contribution < -0.4 is 11.2 Å². The van der Waals surface area contributed by atoms with Crippen LogP contribution in [-0.4, -0.2) is 41.0 Å². The highest BCUT2D eigenvalue weighted by Crippen LogP contribution is 2.30. The molecule has 1 aliphatic rings. The maximum atomic E-state index is 12.2. The zero-order chi connectivity index (χ0) is 29.7. The van der Waals surface area contributed by atoms with Crippen LogP contribution in [-0.2, 0) is 14.3 Å². The number of aromatic amines is 1. The van der Waals surface area contributed by atoms with E-state index in [0.29, 0.717) is 18.4 Å². The Kier molecular flexibility index (Phi) is 16.4. The topological polar surface area (TPSA) is 103 Å². The van der Waals surface area contributed by atoms with Gasteiger partial charge in [0.15, 0.2) is 0 Å². The third-order valence-electron chi connectivity index (χ3n) is 6.42. The fourth-order valence-electron chi connectivity index (χ4n) is 4.12. The lowest BCUT2D eigenvalue weighted by molar-refractivity contribution is -0.148. The number of carbonyl (C=O) groups is 1. The number of H-pyrrole nitrogens is 1. The van der Waals surface area contributed by atoms with Crippen molar-refractivity contribution >= 4 is 12.7 Å². The third-order valence-corrected chi connectivity index (χ3v) is 6.42. The molecule has 0 saturated carbocycles. The monoisotopic (exact) mass is 563 g/mol. The van der Waals surface area contributed by atoms with Gasteiger partial charge in [0.1, 0.15) is 18.9 Å². The molecule has 1 unspecified atom stereocenters. The van der Waals surface area contributed by atoms with Gasteiger partial charge >= 0.3 is 11.7 Å². The summed E-state index contributed by atoms with van der Waals surface area (Å²) in [6.45, 7) is 7.38. The third kappa shape index (κ3) is 13.4. The van der Waals surface area contributed by atoms with Gasteiger partial charge in [-0.2, -0.15) is 0 Å². The lowest BCUT2D eigenvalue weighted by atomic mass is 10.1. The van der Waals surface area contributed by atoms with Crippen LogP contribution >= 0.6 is 0 Å². The van der Waals surface area contributed by atoms with Crippen molar-refractivity contribution in [2.45, 2.75) is 90.0 Å². The number of esters is 1. The fourth-order valence-corrected chi connectivity index (χ4v) is 4.12. The Labute approximate surface area is 243 Å². The molecule has 2 rings (SSSR count). The Hall–Kier alpha value is -3.78. The molecule has 8 nitrogen and oxygen atoms in total. The molecule has 8 heteroatoms. The van der Waals surface area contributed by atoms with Crippen LogP contribution in [0.25, 0.3) is 0 Å². The fraction of sp³-hybridized carbons (Fsp3) is 0.455. The van der Waals surface area contributed by atoms with Gasteiger partial charge in [0.2, 0.25) is 0 Å². The van der Waals surface area contributed by atoms with Crippen LogP contribution in [0.2, 0.25) is 0 Å². The summed E-state index contributed by atoms with van der Waals surface area (Å²) >= 11 is 0. The summed E-state index contributed by atoms with van der Waals surface area (Å²) in [5.41, 5.74) is -0.581. The minimum absolute atomic E-state index is 0.0276. The Morgan fingerprint density at radius 2 is 1.51 bits per heavy atom. The quantitative estimate of drug-likeness (QED) is 0.130. The zero-order valence-electron chi connectivity index (χ0n) is 24.5. The molecule has 1 N–H and O–H groups in total. The molecule has 0 bridgehead atoms. The Balaban J connectivity index is 1.57. The van der Waals surface area contributed by atoms with Crippen molar-refractivity contribution in [3.8, 4) is 0 Å². The van der Waals surface area contributed by atoms with Gasteiger partial charge in [-0.05, 0) is 58.6 Å². The van der Waals surface area contributed by atoms with E-state index in [-0.39, 0.29) is 25.0 Å². The molecule has 2 heterocycles. The molecule has 1 saturated heterocycles. The molecule has 3 atom stereocenters. The molecular weight excluding hydrogens is 518 g/mol. The van der Waals surface area contributed by atoms with E-state index in [1.807, 2.05) is 12.2 Å². The molecule has 41 heavy (non-hydrogen) atoms. The molecule has 1 aromatic heterocycles. The summed E-state index contributed by atoms with van der Waals surface area (Å²) in [6, 6.07) is -0.324. The highest BCUT2D eigenvalue weighted by molar-refractivity contribution is 5.69. The zero-order valence-corrected chi connectivity index (χ0v) is 24.5. The second kappa shape index (κ2) is 20.2. The predicted molar refractivity (Wildman–Crippen MR) is 166 cm³/mol. The van der Waals surface area contributed by atoms with Gasteiger partial charge in [-0.1, -0.05) is 79.8 Å². The first-order valence-electron chi connectivity index (χ1n) is 14.4. The van der Waals surface area contributed by atoms with E-state index in [4.69, 9.17) is 9.47 Å². The lowest BCUT2D eigenvalue weighted by Gasteiger charge is -2.16. The number of ether oxygens (including phenoxy) is 2. The number of carbonyl (C=O) groups excluding carboxylic acids is 1. The van der Waals surface area contributed by atoms with Crippen molar-refractivity contribution in [2.75, 3.05) is 6.61 Å². The Bertz CT molecular complexity index is 1230. The van der Waals surface area contributed by atoms with Crippen LogP contribution in [0.1, 0.15) is 76.5 Å². The number of aromatic nitrogens is 2. The Morgan fingerprint density at radius 3 is 2.05 bits per heavy atom. The molecule has 1 fully saturated rings. The first-order valence-corrected chi connectivity index (χ1v) is 14.4. The largest absolute Gasteiger partial charge is 0.463 e. The highest BCUT2D eigenvalue weighted by atomic mass is 16.6. The second-order valence-electron chi connectivity index (χ2n) is 9.73. The number of aryl methyl sites for hydroxylation is 1.